The summed E-state index contributed by atoms with van der Waals surface area (Å²) in [7, 11) is 0. The minimum absolute atomic E-state index is 0.402. The lowest BCUT2D eigenvalue weighted by Gasteiger charge is -2.04. The zero-order valence-corrected chi connectivity index (χ0v) is 8.95. The van der Waals surface area contributed by atoms with Crippen molar-refractivity contribution in [3.63, 3.8) is 0 Å². The predicted molar refractivity (Wildman–Crippen MR) is 59.3 cm³/mol. The van der Waals surface area contributed by atoms with Crippen LogP contribution in [-0.2, 0) is 6.54 Å². The van der Waals surface area contributed by atoms with E-state index in [-0.39, 0.29) is 0 Å². The summed E-state index contributed by atoms with van der Waals surface area (Å²) in [6.45, 7) is 4.53. The van der Waals surface area contributed by atoms with Gasteiger partial charge in [-0.15, -0.1) is 0 Å². The third-order valence-corrected chi connectivity index (χ3v) is 2.46. The molecule has 0 atom stereocenters. The van der Waals surface area contributed by atoms with Gasteiger partial charge in [0.25, 0.3) is 0 Å². The third kappa shape index (κ3) is 1.78. The molecule has 0 radical (unpaired) electrons. The smallest absolute Gasteiger partial charge is 0.181 e. The van der Waals surface area contributed by atoms with E-state index in [1.165, 1.54) is 17.5 Å². The average Bonchev–Trinajstić information content (AvgIpc) is 2.65. The number of aryl methyl sites for hydroxylation is 2. The SMILES string of the molecule is Cc1ccc(-c2ocnc2CN)c(C)c1. The molecule has 0 fully saturated rings. The van der Waals surface area contributed by atoms with Crippen LogP contribution in [0, 0.1) is 13.8 Å². The van der Waals surface area contributed by atoms with E-state index < -0.39 is 0 Å². The Bertz CT molecular complexity index is 474. The quantitative estimate of drug-likeness (QED) is 0.813. The molecule has 0 unspecified atom stereocenters. The van der Waals surface area contributed by atoms with E-state index in [1.54, 1.807) is 0 Å². The van der Waals surface area contributed by atoms with Crippen LogP contribution < -0.4 is 5.73 Å². The molecule has 3 heteroatoms. The van der Waals surface area contributed by atoms with Gasteiger partial charge < -0.3 is 10.2 Å². The number of nitrogens with two attached hydrogens (primary N) is 1. The maximum Gasteiger partial charge on any atom is 0.181 e. The zero-order valence-electron chi connectivity index (χ0n) is 8.95. The van der Waals surface area contributed by atoms with Crippen molar-refractivity contribution < 1.29 is 4.42 Å². The number of aromatic nitrogens is 1. The maximum absolute atomic E-state index is 5.59. The summed E-state index contributed by atoms with van der Waals surface area (Å²) >= 11 is 0. The molecular weight excluding hydrogens is 188 g/mol. The highest BCUT2D eigenvalue weighted by molar-refractivity contribution is 5.64. The first kappa shape index (κ1) is 9.93. The van der Waals surface area contributed by atoms with Crippen LogP contribution in [0.4, 0.5) is 0 Å². The molecule has 0 saturated carbocycles. The lowest BCUT2D eigenvalue weighted by Crippen LogP contribution is -1.98. The van der Waals surface area contributed by atoms with Crippen molar-refractivity contribution in [2.24, 2.45) is 5.73 Å². The summed E-state index contributed by atoms with van der Waals surface area (Å²) in [5.41, 5.74) is 9.89. The normalized spacial score (nSPS) is 10.6. The highest BCUT2D eigenvalue weighted by Gasteiger charge is 2.11. The van der Waals surface area contributed by atoms with Crippen molar-refractivity contribution >= 4 is 0 Å². The topological polar surface area (TPSA) is 52.0 Å². The molecule has 0 spiro atoms. The Labute approximate surface area is 88.9 Å². The van der Waals surface area contributed by atoms with E-state index in [4.69, 9.17) is 10.2 Å². The highest BCUT2D eigenvalue weighted by atomic mass is 16.3. The van der Waals surface area contributed by atoms with Gasteiger partial charge in [-0.3, -0.25) is 0 Å². The molecular formula is C12H14N2O. The number of oxazole rings is 1. The van der Waals surface area contributed by atoms with Crippen LogP contribution in [0.15, 0.2) is 29.0 Å². The average molecular weight is 202 g/mol. The lowest BCUT2D eigenvalue weighted by molar-refractivity contribution is 0.570. The van der Waals surface area contributed by atoms with Crippen molar-refractivity contribution in [2.75, 3.05) is 0 Å². The molecule has 1 aromatic heterocycles. The molecule has 0 aliphatic rings. The van der Waals surface area contributed by atoms with E-state index in [9.17, 15) is 0 Å². The molecule has 78 valence electrons. The fourth-order valence-corrected chi connectivity index (χ4v) is 1.70. The van der Waals surface area contributed by atoms with Crippen molar-refractivity contribution in [1.29, 1.82) is 0 Å². The van der Waals surface area contributed by atoms with Gasteiger partial charge in [-0.05, 0) is 19.4 Å². The van der Waals surface area contributed by atoms with Gasteiger partial charge >= 0.3 is 0 Å². The summed E-state index contributed by atoms with van der Waals surface area (Å²) in [6, 6.07) is 6.23. The number of hydrogen-bond donors (Lipinski definition) is 1. The molecule has 2 rings (SSSR count). The molecule has 2 N–H and O–H groups in total. The monoisotopic (exact) mass is 202 g/mol. The number of nitrogens with zero attached hydrogens (tertiary/aromatic N) is 1. The first-order chi connectivity index (χ1) is 7.22. The molecule has 0 bridgehead atoms. The lowest BCUT2D eigenvalue weighted by atomic mass is 10.0. The molecule has 0 aliphatic carbocycles. The van der Waals surface area contributed by atoms with E-state index in [0.717, 1.165) is 17.0 Å². The Kier molecular flexibility index (Phi) is 2.56. The Morgan fingerprint density at radius 3 is 2.80 bits per heavy atom. The van der Waals surface area contributed by atoms with Gasteiger partial charge in [-0.1, -0.05) is 23.8 Å². The Hall–Kier alpha value is -1.61. The van der Waals surface area contributed by atoms with Crippen LogP contribution in [0.3, 0.4) is 0 Å². The van der Waals surface area contributed by atoms with Crippen molar-refractivity contribution in [1.82, 2.24) is 4.98 Å². The highest BCUT2D eigenvalue weighted by Crippen LogP contribution is 2.26. The molecule has 15 heavy (non-hydrogen) atoms. The summed E-state index contributed by atoms with van der Waals surface area (Å²) in [5.74, 6) is 0.787. The van der Waals surface area contributed by atoms with E-state index in [2.05, 4.69) is 31.0 Å². The number of benzene rings is 1. The Morgan fingerprint density at radius 1 is 1.33 bits per heavy atom. The van der Waals surface area contributed by atoms with Gasteiger partial charge in [-0.2, -0.15) is 0 Å². The van der Waals surface area contributed by atoms with Crippen molar-refractivity contribution in [3.8, 4) is 11.3 Å². The van der Waals surface area contributed by atoms with Crippen LogP contribution in [0.5, 0.6) is 0 Å². The number of hydrogen-bond acceptors (Lipinski definition) is 3. The van der Waals surface area contributed by atoms with Gasteiger partial charge in [0.15, 0.2) is 12.2 Å². The van der Waals surface area contributed by atoms with Crippen LogP contribution in [-0.4, -0.2) is 4.98 Å². The number of rotatable bonds is 2. The molecule has 0 aliphatic heterocycles. The largest absolute Gasteiger partial charge is 0.443 e. The van der Waals surface area contributed by atoms with Crippen molar-refractivity contribution in [3.05, 3.63) is 41.4 Å². The van der Waals surface area contributed by atoms with Crippen molar-refractivity contribution in [2.45, 2.75) is 20.4 Å². The molecule has 1 heterocycles. The van der Waals surface area contributed by atoms with Gasteiger partial charge in [0.2, 0.25) is 0 Å². The molecule has 3 nitrogen and oxygen atoms in total. The molecule has 1 aromatic carbocycles. The molecule has 2 aromatic rings. The first-order valence-corrected chi connectivity index (χ1v) is 4.92. The molecule has 0 saturated heterocycles. The summed E-state index contributed by atoms with van der Waals surface area (Å²) < 4.78 is 5.37. The second kappa shape index (κ2) is 3.87. The van der Waals surface area contributed by atoms with E-state index >= 15 is 0 Å². The second-order valence-electron chi connectivity index (χ2n) is 3.65. The predicted octanol–water partition coefficient (Wildman–Crippen LogP) is 2.42. The standard InChI is InChI=1S/C12H14N2O/c1-8-3-4-10(9(2)5-8)12-11(6-13)14-7-15-12/h3-5,7H,6,13H2,1-2H3. The second-order valence-corrected chi connectivity index (χ2v) is 3.65. The van der Waals surface area contributed by atoms with Crippen LogP contribution >= 0.6 is 0 Å². The first-order valence-electron chi connectivity index (χ1n) is 4.92. The fourth-order valence-electron chi connectivity index (χ4n) is 1.70. The Balaban J connectivity index is 2.54. The van der Waals surface area contributed by atoms with Crippen LogP contribution in [0.1, 0.15) is 16.8 Å². The van der Waals surface area contributed by atoms with E-state index in [0.29, 0.717) is 6.54 Å². The summed E-state index contributed by atoms with van der Waals surface area (Å²) in [6.07, 6.45) is 1.44. The van der Waals surface area contributed by atoms with E-state index in [1.807, 2.05) is 6.07 Å². The van der Waals surface area contributed by atoms with Crippen LogP contribution in [0.25, 0.3) is 11.3 Å². The summed E-state index contributed by atoms with van der Waals surface area (Å²) in [4.78, 5) is 4.08. The van der Waals surface area contributed by atoms with Gasteiger partial charge in [-0.25, -0.2) is 4.98 Å². The van der Waals surface area contributed by atoms with Gasteiger partial charge in [0.1, 0.15) is 5.69 Å². The van der Waals surface area contributed by atoms with Gasteiger partial charge in [0, 0.05) is 12.1 Å². The molecule has 0 amide bonds. The van der Waals surface area contributed by atoms with Gasteiger partial charge in [0.05, 0.1) is 0 Å². The maximum atomic E-state index is 5.59. The summed E-state index contributed by atoms with van der Waals surface area (Å²) in [5, 5.41) is 0. The van der Waals surface area contributed by atoms with Crippen LogP contribution in [0.2, 0.25) is 0 Å². The zero-order chi connectivity index (χ0) is 10.8. The minimum Gasteiger partial charge on any atom is -0.443 e. The Morgan fingerprint density at radius 2 is 2.13 bits per heavy atom. The fraction of sp³-hybridized carbons (Fsp3) is 0.250. The minimum atomic E-state index is 0.402. The third-order valence-electron chi connectivity index (χ3n) is 2.46.